The van der Waals surface area contributed by atoms with Crippen molar-refractivity contribution in [2.45, 2.75) is 63.6 Å². The van der Waals surface area contributed by atoms with Gasteiger partial charge in [-0.25, -0.2) is 0 Å². The minimum atomic E-state index is 0.265. The molecule has 3 rings (SSSR count). The maximum atomic E-state index is 6.29. The lowest BCUT2D eigenvalue weighted by molar-refractivity contribution is -0.000140. The van der Waals surface area contributed by atoms with E-state index in [4.69, 9.17) is 5.73 Å². The second kappa shape index (κ2) is 5.55. The largest absolute Gasteiger partial charge is 0.329 e. The zero-order chi connectivity index (χ0) is 13.3. The van der Waals surface area contributed by atoms with Crippen molar-refractivity contribution in [3.05, 3.63) is 22.4 Å². The van der Waals surface area contributed by atoms with Crippen molar-refractivity contribution in [1.29, 1.82) is 0 Å². The third kappa shape index (κ3) is 2.61. The highest BCUT2D eigenvalue weighted by molar-refractivity contribution is 7.07. The van der Waals surface area contributed by atoms with Crippen LogP contribution in [0.15, 0.2) is 16.8 Å². The van der Waals surface area contributed by atoms with Gasteiger partial charge in [0.25, 0.3) is 0 Å². The highest BCUT2D eigenvalue weighted by Crippen LogP contribution is 2.44. The van der Waals surface area contributed by atoms with Gasteiger partial charge in [-0.05, 0) is 54.0 Å². The monoisotopic (exact) mass is 278 g/mol. The van der Waals surface area contributed by atoms with Crippen molar-refractivity contribution in [3.63, 3.8) is 0 Å². The number of thiophene rings is 1. The van der Waals surface area contributed by atoms with Gasteiger partial charge in [-0.15, -0.1) is 0 Å². The van der Waals surface area contributed by atoms with Gasteiger partial charge in [0.1, 0.15) is 0 Å². The third-order valence-corrected chi connectivity index (χ3v) is 5.99. The Morgan fingerprint density at radius 3 is 2.79 bits per heavy atom. The van der Waals surface area contributed by atoms with Gasteiger partial charge in [-0.1, -0.05) is 19.8 Å². The first kappa shape index (κ1) is 13.6. The summed E-state index contributed by atoms with van der Waals surface area (Å²) >= 11 is 1.81. The first-order chi connectivity index (χ1) is 9.26. The number of rotatable bonds is 5. The lowest BCUT2D eigenvalue weighted by Gasteiger charge is -2.50. The molecule has 2 unspecified atom stereocenters. The third-order valence-electron chi connectivity index (χ3n) is 5.26. The molecule has 0 radical (unpaired) electrons. The Bertz CT molecular complexity index is 399. The fourth-order valence-corrected chi connectivity index (χ4v) is 4.52. The van der Waals surface area contributed by atoms with Crippen LogP contribution in [0.1, 0.15) is 51.0 Å². The smallest absolute Gasteiger partial charge is 0.0363 e. The van der Waals surface area contributed by atoms with Crippen molar-refractivity contribution in [2.24, 2.45) is 11.7 Å². The Morgan fingerprint density at radius 2 is 2.21 bits per heavy atom. The Balaban J connectivity index is 1.84. The second-order valence-electron chi connectivity index (χ2n) is 6.45. The van der Waals surface area contributed by atoms with Gasteiger partial charge in [0.15, 0.2) is 0 Å². The van der Waals surface area contributed by atoms with E-state index < -0.39 is 0 Å². The standard InChI is InChI=1S/C16H26N2S/c1-13-4-2-3-8-16(13,12-17)18(15-5-6-15)10-14-7-9-19-11-14/h7,9,11,13,15H,2-6,8,10,12,17H2,1H3. The van der Waals surface area contributed by atoms with Crippen LogP contribution in [0.25, 0.3) is 0 Å². The number of hydrogen-bond donors (Lipinski definition) is 1. The van der Waals surface area contributed by atoms with Crippen LogP contribution < -0.4 is 5.73 Å². The van der Waals surface area contributed by atoms with Crippen LogP contribution in [0.4, 0.5) is 0 Å². The van der Waals surface area contributed by atoms with Gasteiger partial charge in [-0.3, -0.25) is 4.90 Å². The average molecular weight is 278 g/mol. The second-order valence-corrected chi connectivity index (χ2v) is 7.23. The van der Waals surface area contributed by atoms with E-state index in [0.29, 0.717) is 0 Å². The number of nitrogens with two attached hydrogens (primary N) is 1. The minimum Gasteiger partial charge on any atom is -0.329 e. The average Bonchev–Trinajstić information content (AvgIpc) is 3.14. The molecule has 0 bridgehead atoms. The van der Waals surface area contributed by atoms with E-state index in [1.54, 1.807) is 0 Å². The summed E-state index contributed by atoms with van der Waals surface area (Å²) in [7, 11) is 0. The molecule has 0 aliphatic heterocycles. The Labute approximate surface area is 121 Å². The molecule has 0 amide bonds. The van der Waals surface area contributed by atoms with Crippen molar-refractivity contribution < 1.29 is 0 Å². The molecule has 1 aromatic rings. The molecule has 106 valence electrons. The minimum absolute atomic E-state index is 0.265. The zero-order valence-electron chi connectivity index (χ0n) is 12.0. The van der Waals surface area contributed by atoms with Crippen molar-refractivity contribution in [1.82, 2.24) is 4.90 Å². The summed E-state index contributed by atoms with van der Waals surface area (Å²) in [5, 5.41) is 4.49. The quantitative estimate of drug-likeness (QED) is 0.891. The van der Waals surface area contributed by atoms with E-state index in [0.717, 1.165) is 25.0 Å². The lowest BCUT2D eigenvalue weighted by atomic mass is 9.72. The van der Waals surface area contributed by atoms with Crippen LogP contribution in [0, 0.1) is 5.92 Å². The van der Waals surface area contributed by atoms with Crippen molar-refractivity contribution in [2.75, 3.05) is 6.54 Å². The van der Waals surface area contributed by atoms with Crippen LogP contribution in [0.2, 0.25) is 0 Å². The van der Waals surface area contributed by atoms with E-state index in [1.165, 1.54) is 44.1 Å². The molecular formula is C16H26N2S. The summed E-state index contributed by atoms with van der Waals surface area (Å²) in [5.74, 6) is 0.741. The lowest BCUT2D eigenvalue weighted by Crippen LogP contribution is -2.59. The zero-order valence-corrected chi connectivity index (χ0v) is 12.8. The molecular weight excluding hydrogens is 252 g/mol. The summed E-state index contributed by atoms with van der Waals surface area (Å²) in [5.41, 5.74) is 8.02. The molecule has 2 N–H and O–H groups in total. The van der Waals surface area contributed by atoms with Gasteiger partial charge in [0.2, 0.25) is 0 Å². The predicted octanol–water partition coefficient (Wildman–Crippen LogP) is 3.62. The van der Waals surface area contributed by atoms with Crippen LogP contribution in [-0.4, -0.2) is 23.0 Å². The molecule has 0 aromatic carbocycles. The van der Waals surface area contributed by atoms with E-state index in [-0.39, 0.29) is 5.54 Å². The van der Waals surface area contributed by atoms with Crippen LogP contribution in [0.5, 0.6) is 0 Å². The van der Waals surface area contributed by atoms with E-state index in [1.807, 2.05) is 11.3 Å². The molecule has 3 heteroatoms. The van der Waals surface area contributed by atoms with Gasteiger partial charge in [0.05, 0.1) is 0 Å². The molecule has 0 spiro atoms. The summed E-state index contributed by atoms with van der Waals surface area (Å²) in [6.45, 7) is 4.36. The molecule has 2 saturated carbocycles. The molecule has 2 aliphatic carbocycles. The SMILES string of the molecule is CC1CCCCC1(CN)N(Cc1ccsc1)C1CC1. The number of nitrogens with zero attached hydrogens (tertiary/aromatic N) is 1. The summed E-state index contributed by atoms with van der Waals surface area (Å²) in [6.07, 6.45) is 8.14. The maximum Gasteiger partial charge on any atom is 0.0363 e. The van der Waals surface area contributed by atoms with Crippen LogP contribution in [-0.2, 0) is 6.54 Å². The normalized spacial score (nSPS) is 31.8. The topological polar surface area (TPSA) is 29.3 Å². The molecule has 1 heterocycles. The van der Waals surface area contributed by atoms with E-state index in [2.05, 4.69) is 28.7 Å². The van der Waals surface area contributed by atoms with Crippen LogP contribution in [0.3, 0.4) is 0 Å². The summed E-state index contributed by atoms with van der Waals surface area (Å²) < 4.78 is 0. The van der Waals surface area contributed by atoms with Gasteiger partial charge >= 0.3 is 0 Å². The number of hydrogen-bond acceptors (Lipinski definition) is 3. The molecule has 2 atom stereocenters. The summed E-state index contributed by atoms with van der Waals surface area (Å²) in [6, 6.07) is 3.07. The molecule has 19 heavy (non-hydrogen) atoms. The highest BCUT2D eigenvalue weighted by atomic mass is 32.1. The highest BCUT2D eigenvalue weighted by Gasteiger charge is 2.47. The molecule has 2 nitrogen and oxygen atoms in total. The van der Waals surface area contributed by atoms with Crippen molar-refractivity contribution in [3.8, 4) is 0 Å². The Hall–Kier alpha value is -0.380. The van der Waals surface area contributed by atoms with Gasteiger partial charge < -0.3 is 5.73 Å². The molecule has 2 aliphatic rings. The van der Waals surface area contributed by atoms with Crippen LogP contribution >= 0.6 is 11.3 Å². The van der Waals surface area contributed by atoms with E-state index >= 15 is 0 Å². The Morgan fingerprint density at radius 1 is 1.37 bits per heavy atom. The fourth-order valence-electron chi connectivity index (χ4n) is 3.86. The predicted molar refractivity (Wildman–Crippen MR) is 82.3 cm³/mol. The fraction of sp³-hybridized carbons (Fsp3) is 0.750. The van der Waals surface area contributed by atoms with Crippen molar-refractivity contribution >= 4 is 11.3 Å². The molecule has 0 saturated heterocycles. The van der Waals surface area contributed by atoms with Gasteiger partial charge in [0, 0.05) is 24.7 Å². The first-order valence-corrected chi connectivity index (χ1v) is 8.68. The maximum absolute atomic E-state index is 6.29. The first-order valence-electron chi connectivity index (χ1n) is 7.74. The molecule has 2 fully saturated rings. The van der Waals surface area contributed by atoms with Gasteiger partial charge in [-0.2, -0.15) is 11.3 Å². The van der Waals surface area contributed by atoms with E-state index in [9.17, 15) is 0 Å². The molecule has 1 aromatic heterocycles. The Kier molecular flexibility index (Phi) is 3.97. The summed E-state index contributed by atoms with van der Waals surface area (Å²) in [4.78, 5) is 2.78.